The molecule has 1 aliphatic heterocycles. The van der Waals surface area contributed by atoms with Crippen molar-refractivity contribution < 1.29 is 64.8 Å². The summed E-state index contributed by atoms with van der Waals surface area (Å²) in [7, 11) is 3.95. The maximum atomic E-state index is 13.6. The summed E-state index contributed by atoms with van der Waals surface area (Å²) in [5, 5.41) is 17.2. The number of anilines is 1. The highest BCUT2D eigenvalue weighted by atomic mass is 19.4. The fraction of sp³-hybridized carbons (Fsp3) is 0.310. The van der Waals surface area contributed by atoms with Crippen LogP contribution in [0, 0.1) is 11.7 Å². The lowest BCUT2D eigenvalue weighted by Crippen LogP contribution is -2.32. The molecule has 46 heavy (non-hydrogen) atoms. The van der Waals surface area contributed by atoms with Crippen molar-refractivity contribution in [2.24, 2.45) is 5.92 Å². The van der Waals surface area contributed by atoms with Crippen molar-refractivity contribution in [3.8, 4) is 22.6 Å². The van der Waals surface area contributed by atoms with E-state index >= 15 is 0 Å². The van der Waals surface area contributed by atoms with Crippen LogP contribution in [-0.4, -0.2) is 84.1 Å². The Hall–Kier alpha value is -4.93. The van der Waals surface area contributed by atoms with Gasteiger partial charge in [0.2, 0.25) is 5.91 Å². The van der Waals surface area contributed by atoms with E-state index in [9.17, 15) is 35.5 Å². The number of nitrogens with zero attached hydrogens (tertiary/aromatic N) is 2. The molecule has 17 heteroatoms. The molecule has 3 N–H and O–H groups in total. The highest BCUT2D eigenvalue weighted by molar-refractivity contribution is 5.95. The number of carbonyl (C=O) groups excluding carboxylic acids is 1. The molecule has 2 aromatic carbocycles. The molecule has 1 amide bonds. The van der Waals surface area contributed by atoms with Gasteiger partial charge in [-0.25, -0.2) is 14.0 Å². The summed E-state index contributed by atoms with van der Waals surface area (Å²) < 4.78 is 88.8. The monoisotopic (exact) mass is 663 g/mol. The first kappa shape index (κ1) is 37.3. The predicted octanol–water partition coefficient (Wildman–Crippen LogP) is 5.28. The Morgan fingerprint density at radius 1 is 0.935 bits per heavy atom. The molecular formula is C29H28F7N3O7. The number of carboxylic acid groups (broad SMARTS) is 2. The standard InChI is InChI=1S/C25H26FN3O3.2C2HF3O2/c1-29(2)11-12-31-24-15-18(17-7-9-27-10-8-17)3-5-22(24)28-25(30)20-13-19-14-21(26)4-6-23(19)32-16-20;2*3-2(4,5)1(6)7/h3-10,14-15,20H,11-13,16H2,1-2H3,(H,28,30);2*(H,6,7). The number of fused-ring (bicyclic) bond motifs is 1. The van der Waals surface area contributed by atoms with Crippen LogP contribution in [0.3, 0.4) is 0 Å². The number of carboxylic acids is 2. The number of carbonyl (C=O) groups is 3. The molecule has 1 unspecified atom stereocenters. The fourth-order valence-corrected chi connectivity index (χ4v) is 3.57. The van der Waals surface area contributed by atoms with Gasteiger partial charge in [-0.3, -0.25) is 9.78 Å². The molecule has 250 valence electrons. The van der Waals surface area contributed by atoms with Gasteiger partial charge in [-0.05, 0) is 79.7 Å². The van der Waals surface area contributed by atoms with Crippen molar-refractivity contribution in [1.29, 1.82) is 0 Å². The zero-order valence-corrected chi connectivity index (χ0v) is 24.2. The van der Waals surface area contributed by atoms with Gasteiger partial charge in [0.1, 0.15) is 30.5 Å². The number of aliphatic carboxylic acids is 2. The fourth-order valence-electron chi connectivity index (χ4n) is 3.57. The van der Waals surface area contributed by atoms with Gasteiger partial charge in [-0.15, -0.1) is 0 Å². The van der Waals surface area contributed by atoms with Crippen LogP contribution < -0.4 is 14.8 Å². The van der Waals surface area contributed by atoms with Crippen LogP contribution in [0.4, 0.5) is 36.4 Å². The molecule has 0 aliphatic carbocycles. The van der Waals surface area contributed by atoms with Crippen LogP contribution in [0.15, 0.2) is 60.9 Å². The lowest BCUT2D eigenvalue weighted by atomic mass is 9.95. The number of nitrogens with one attached hydrogen (secondary N) is 1. The van der Waals surface area contributed by atoms with Crippen LogP contribution in [0.2, 0.25) is 0 Å². The van der Waals surface area contributed by atoms with E-state index < -0.39 is 30.2 Å². The molecule has 0 fully saturated rings. The quantitative estimate of drug-likeness (QED) is 0.288. The number of rotatable bonds is 7. The van der Waals surface area contributed by atoms with E-state index in [4.69, 9.17) is 29.3 Å². The Kier molecular flexibility index (Phi) is 13.3. The first-order valence-electron chi connectivity index (χ1n) is 13.0. The molecule has 1 atom stereocenters. The van der Waals surface area contributed by atoms with Crippen molar-refractivity contribution in [3.05, 3.63) is 72.3 Å². The van der Waals surface area contributed by atoms with Crippen LogP contribution >= 0.6 is 0 Å². The molecule has 1 aliphatic rings. The van der Waals surface area contributed by atoms with E-state index in [1.807, 2.05) is 49.3 Å². The minimum atomic E-state index is -5.08. The zero-order chi connectivity index (χ0) is 34.7. The minimum Gasteiger partial charge on any atom is -0.492 e. The Balaban J connectivity index is 0.000000440. The molecule has 0 saturated heterocycles. The van der Waals surface area contributed by atoms with Crippen LogP contribution in [-0.2, 0) is 20.8 Å². The largest absolute Gasteiger partial charge is 0.492 e. The number of benzene rings is 2. The second-order valence-corrected chi connectivity index (χ2v) is 9.66. The first-order valence-corrected chi connectivity index (χ1v) is 13.0. The summed E-state index contributed by atoms with van der Waals surface area (Å²) in [6.07, 6.45) is -6.27. The lowest BCUT2D eigenvalue weighted by molar-refractivity contribution is -0.193. The smallest absolute Gasteiger partial charge is 0.490 e. The summed E-state index contributed by atoms with van der Waals surface area (Å²) >= 11 is 0. The molecule has 10 nitrogen and oxygen atoms in total. The van der Waals surface area contributed by atoms with E-state index in [1.54, 1.807) is 18.5 Å². The van der Waals surface area contributed by atoms with Gasteiger partial charge in [-0.2, -0.15) is 26.3 Å². The van der Waals surface area contributed by atoms with E-state index in [1.165, 1.54) is 12.1 Å². The van der Waals surface area contributed by atoms with Gasteiger partial charge in [0.25, 0.3) is 0 Å². The number of likely N-dealkylation sites (N-methyl/N-ethyl adjacent to an activating group) is 1. The average molecular weight is 664 g/mol. The van der Waals surface area contributed by atoms with Gasteiger partial charge in [-0.1, -0.05) is 6.07 Å². The maximum absolute atomic E-state index is 13.6. The molecule has 0 bridgehead atoms. The van der Waals surface area contributed by atoms with Crippen molar-refractivity contribution in [3.63, 3.8) is 0 Å². The Labute approximate surface area is 257 Å². The summed E-state index contributed by atoms with van der Waals surface area (Å²) in [6.45, 7) is 1.47. The summed E-state index contributed by atoms with van der Waals surface area (Å²) in [5.41, 5.74) is 3.27. The van der Waals surface area contributed by atoms with Crippen LogP contribution in [0.5, 0.6) is 11.5 Å². The van der Waals surface area contributed by atoms with Crippen molar-refractivity contribution >= 4 is 23.5 Å². The molecular weight excluding hydrogens is 635 g/mol. The van der Waals surface area contributed by atoms with Crippen LogP contribution in [0.25, 0.3) is 11.1 Å². The molecule has 2 heterocycles. The van der Waals surface area contributed by atoms with Crippen LogP contribution in [0.1, 0.15) is 5.56 Å². The van der Waals surface area contributed by atoms with Crippen molar-refractivity contribution in [2.75, 3.05) is 39.2 Å². The van der Waals surface area contributed by atoms with E-state index in [0.29, 0.717) is 35.8 Å². The van der Waals surface area contributed by atoms with E-state index in [2.05, 4.69) is 10.3 Å². The van der Waals surface area contributed by atoms with E-state index in [-0.39, 0.29) is 18.3 Å². The molecule has 4 rings (SSSR count). The van der Waals surface area contributed by atoms with Gasteiger partial charge < -0.3 is 29.9 Å². The summed E-state index contributed by atoms with van der Waals surface area (Å²) in [4.78, 5) is 36.9. The maximum Gasteiger partial charge on any atom is 0.490 e. The summed E-state index contributed by atoms with van der Waals surface area (Å²) in [5.74, 6) is -5.23. The molecule has 0 saturated carbocycles. The first-order chi connectivity index (χ1) is 21.4. The average Bonchev–Trinajstić information content (AvgIpc) is 2.97. The van der Waals surface area contributed by atoms with Crippen molar-refractivity contribution in [1.82, 2.24) is 9.88 Å². The molecule has 1 aromatic heterocycles. The summed E-state index contributed by atoms with van der Waals surface area (Å²) in [6, 6.07) is 13.9. The second-order valence-electron chi connectivity index (χ2n) is 9.66. The second kappa shape index (κ2) is 16.4. The van der Waals surface area contributed by atoms with Gasteiger partial charge in [0, 0.05) is 18.9 Å². The Morgan fingerprint density at radius 3 is 2.07 bits per heavy atom. The SMILES string of the molecule is CN(C)CCOc1cc(-c2ccncc2)ccc1NC(=O)C1COc2ccc(F)cc2C1.O=C(O)C(F)(F)F.O=C(O)C(F)(F)F. The number of aromatic nitrogens is 1. The number of ether oxygens (including phenoxy) is 2. The number of hydrogen-bond donors (Lipinski definition) is 3. The number of amides is 1. The topological polar surface area (TPSA) is 138 Å². The van der Waals surface area contributed by atoms with Crippen molar-refractivity contribution in [2.45, 2.75) is 18.8 Å². The molecule has 3 aromatic rings. The highest BCUT2D eigenvalue weighted by Gasteiger charge is 2.39. The Bertz CT molecular complexity index is 1460. The van der Waals surface area contributed by atoms with Gasteiger partial charge in [0.15, 0.2) is 0 Å². The van der Waals surface area contributed by atoms with E-state index in [0.717, 1.165) is 17.7 Å². The Morgan fingerprint density at radius 2 is 1.52 bits per heavy atom. The zero-order valence-electron chi connectivity index (χ0n) is 24.2. The molecule has 0 radical (unpaired) electrons. The number of hydrogen-bond acceptors (Lipinski definition) is 7. The lowest BCUT2D eigenvalue weighted by Gasteiger charge is -2.25. The number of alkyl halides is 6. The normalized spacial score (nSPS) is 13.9. The third-order valence-corrected chi connectivity index (χ3v) is 5.83. The van der Waals surface area contributed by atoms with Gasteiger partial charge >= 0.3 is 24.3 Å². The predicted molar refractivity (Wildman–Crippen MR) is 149 cm³/mol. The number of halogens is 7. The van der Waals surface area contributed by atoms with Gasteiger partial charge in [0.05, 0.1) is 11.6 Å². The highest BCUT2D eigenvalue weighted by Crippen LogP contribution is 2.33. The third-order valence-electron chi connectivity index (χ3n) is 5.83. The molecule has 0 spiro atoms. The number of pyridine rings is 1. The third kappa shape index (κ3) is 12.2. The minimum absolute atomic E-state index is 0.186.